The minimum Gasteiger partial charge on any atom is -0.391 e. The van der Waals surface area contributed by atoms with Gasteiger partial charge in [-0.25, -0.2) is 0 Å². The quantitative estimate of drug-likeness (QED) is 0.780. The molecule has 0 heterocycles. The highest BCUT2D eigenvalue weighted by molar-refractivity contribution is 4.87. The molecule has 1 fully saturated rings. The molecule has 1 N–H and O–H groups in total. The first-order chi connectivity index (χ1) is 8.41. The summed E-state index contributed by atoms with van der Waals surface area (Å²) in [5.41, 5.74) is 0.529. The van der Waals surface area contributed by atoms with Crippen LogP contribution >= 0.6 is 0 Å². The summed E-state index contributed by atoms with van der Waals surface area (Å²) in [6.07, 6.45) is 8.13. The van der Waals surface area contributed by atoms with E-state index in [1.54, 1.807) is 0 Å². The fraction of sp³-hybridized carbons (Fsp3) is 1.00. The van der Waals surface area contributed by atoms with E-state index in [0.29, 0.717) is 17.5 Å². The largest absolute Gasteiger partial charge is 0.391 e. The number of aliphatic hydroxyl groups excluding tert-OH is 1. The Labute approximate surface area is 114 Å². The Morgan fingerprint density at radius 1 is 1.22 bits per heavy atom. The van der Waals surface area contributed by atoms with E-state index in [9.17, 15) is 5.11 Å². The van der Waals surface area contributed by atoms with Crippen molar-refractivity contribution in [1.82, 2.24) is 4.90 Å². The van der Waals surface area contributed by atoms with Gasteiger partial charge in [0.25, 0.3) is 0 Å². The Hall–Kier alpha value is -0.0800. The molecule has 2 heteroatoms. The second-order valence-corrected chi connectivity index (χ2v) is 6.89. The summed E-state index contributed by atoms with van der Waals surface area (Å²) < 4.78 is 0. The molecule has 1 aliphatic carbocycles. The van der Waals surface area contributed by atoms with Crippen molar-refractivity contribution >= 4 is 0 Å². The minimum atomic E-state index is -0.153. The molecule has 0 radical (unpaired) electrons. The maximum atomic E-state index is 10.3. The molecule has 0 aliphatic heterocycles. The maximum Gasteiger partial charge on any atom is 0.0695 e. The number of likely N-dealkylation sites (N-methyl/N-ethyl adjacent to an activating group) is 1. The van der Waals surface area contributed by atoms with E-state index in [1.807, 2.05) is 0 Å². The van der Waals surface area contributed by atoms with Gasteiger partial charge in [0.1, 0.15) is 0 Å². The van der Waals surface area contributed by atoms with Gasteiger partial charge in [0.15, 0.2) is 0 Å². The van der Waals surface area contributed by atoms with Crippen molar-refractivity contribution in [3.8, 4) is 0 Å². The SMILES string of the molecule is CCCC(O)C(CC)N(C)C1CCC(C)(C)CC1. The van der Waals surface area contributed by atoms with Crippen LogP contribution in [0.25, 0.3) is 0 Å². The lowest BCUT2D eigenvalue weighted by Crippen LogP contribution is -2.48. The van der Waals surface area contributed by atoms with E-state index in [2.05, 4.69) is 39.6 Å². The molecule has 2 atom stereocenters. The van der Waals surface area contributed by atoms with Crippen LogP contribution < -0.4 is 0 Å². The molecular formula is C16H33NO. The summed E-state index contributed by atoms with van der Waals surface area (Å²) in [7, 11) is 2.22. The Morgan fingerprint density at radius 3 is 2.22 bits per heavy atom. The average Bonchev–Trinajstić information content (AvgIpc) is 2.30. The topological polar surface area (TPSA) is 23.5 Å². The third-order valence-electron chi connectivity index (χ3n) is 4.85. The van der Waals surface area contributed by atoms with Gasteiger partial charge in [-0.15, -0.1) is 0 Å². The number of nitrogens with zero attached hydrogens (tertiary/aromatic N) is 1. The van der Waals surface area contributed by atoms with E-state index in [-0.39, 0.29) is 6.10 Å². The van der Waals surface area contributed by atoms with Gasteiger partial charge in [0.05, 0.1) is 6.10 Å². The van der Waals surface area contributed by atoms with Crippen LogP contribution in [0.5, 0.6) is 0 Å². The van der Waals surface area contributed by atoms with E-state index in [0.717, 1.165) is 19.3 Å². The highest BCUT2D eigenvalue weighted by Gasteiger charge is 2.32. The Morgan fingerprint density at radius 2 is 1.78 bits per heavy atom. The molecule has 18 heavy (non-hydrogen) atoms. The molecule has 2 unspecified atom stereocenters. The first-order valence-corrected chi connectivity index (χ1v) is 7.81. The van der Waals surface area contributed by atoms with Gasteiger partial charge in [-0.3, -0.25) is 4.90 Å². The standard InChI is InChI=1S/C16H33NO/c1-6-8-15(18)14(7-2)17(5)13-9-11-16(3,4)12-10-13/h13-15,18H,6-12H2,1-5H3. The van der Waals surface area contributed by atoms with Crippen molar-refractivity contribution in [3.05, 3.63) is 0 Å². The van der Waals surface area contributed by atoms with Crippen molar-refractivity contribution < 1.29 is 5.11 Å². The number of rotatable bonds is 6. The van der Waals surface area contributed by atoms with Gasteiger partial charge >= 0.3 is 0 Å². The number of hydrogen-bond acceptors (Lipinski definition) is 2. The molecular weight excluding hydrogens is 222 g/mol. The van der Waals surface area contributed by atoms with E-state index in [4.69, 9.17) is 0 Å². The molecule has 1 aliphatic rings. The van der Waals surface area contributed by atoms with Crippen LogP contribution in [0.2, 0.25) is 0 Å². The molecule has 2 nitrogen and oxygen atoms in total. The minimum absolute atomic E-state index is 0.153. The first-order valence-electron chi connectivity index (χ1n) is 7.81. The van der Waals surface area contributed by atoms with Crippen LogP contribution in [0.1, 0.15) is 72.6 Å². The van der Waals surface area contributed by atoms with Crippen molar-refractivity contribution in [2.75, 3.05) is 7.05 Å². The fourth-order valence-electron chi connectivity index (χ4n) is 3.38. The van der Waals surface area contributed by atoms with Gasteiger partial charge in [0.2, 0.25) is 0 Å². The molecule has 0 aromatic heterocycles. The third-order valence-corrected chi connectivity index (χ3v) is 4.85. The van der Waals surface area contributed by atoms with Crippen LogP contribution in [-0.2, 0) is 0 Å². The highest BCUT2D eigenvalue weighted by atomic mass is 16.3. The van der Waals surface area contributed by atoms with Gasteiger partial charge in [-0.05, 0) is 51.0 Å². The van der Waals surface area contributed by atoms with Crippen molar-refractivity contribution in [2.45, 2.75) is 90.8 Å². The third kappa shape index (κ3) is 4.24. The van der Waals surface area contributed by atoms with Crippen LogP contribution in [0, 0.1) is 5.41 Å². The summed E-state index contributed by atoms with van der Waals surface area (Å²) in [5.74, 6) is 0. The van der Waals surface area contributed by atoms with Crippen LogP contribution in [0.4, 0.5) is 0 Å². The zero-order valence-electron chi connectivity index (χ0n) is 13.1. The van der Waals surface area contributed by atoms with Crippen molar-refractivity contribution in [1.29, 1.82) is 0 Å². The molecule has 108 valence electrons. The van der Waals surface area contributed by atoms with Crippen LogP contribution in [0.3, 0.4) is 0 Å². The zero-order chi connectivity index (χ0) is 13.8. The molecule has 0 saturated heterocycles. The molecule has 1 rings (SSSR count). The molecule has 0 amide bonds. The van der Waals surface area contributed by atoms with E-state index in [1.165, 1.54) is 25.7 Å². The molecule has 0 spiro atoms. The average molecular weight is 255 g/mol. The van der Waals surface area contributed by atoms with Crippen LogP contribution in [-0.4, -0.2) is 35.2 Å². The van der Waals surface area contributed by atoms with Gasteiger partial charge < -0.3 is 5.11 Å². The maximum absolute atomic E-state index is 10.3. The van der Waals surface area contributed by atoms with Gasteiger partial charge in [0, 0.05) is 12.1 Å². The summed E-state index contributed by atoms with van der Waals surface area (Å²) in [4.78, 5) is 2.47. The smallest absolute Gasteiger partial charge is 0.0695 e. The van der Waals surface area contributed by atoms with Gasteiger partial charge in [-0.2, -0.15) is 0 Å². The fourth-order valence-corrected chi connectivity index (χ4v) is 3.38. The second-order valence-electron chi connectivity index (χ2n) is 6.89. The predicted molar refractivity (Wildman–Crippen MR) is 78.8 cm³/mol. The summed E-state index contributed by atoms with van der Waals surface area (Å²) in [6, 6.07) is 1.02. The van der Waals surface area contributed by atoms with Crippen molar-refractivity contribution in [2.24, 2.45) is 5.41 Å². The Kier molecular flexibility index (Phi) is 6.13. The lowest BCUT2D eigenvalue weighted by atomic mass is 9.75. The highest BCUT2D eigenvalue weighted by Crippen LogP contribution is 2.37. The molecule has 0 aromatic rings. The first kappa shape index (κ1) is 16.0. The number of hydrogen-bond donors (Lipinski definition) is 1. The lowest BCUT2D eigenvalue weighted by molar-refractivity contribution is 0.0132. The van der Waals surface area contributed by atoms with E-state index < -0.39 is 0 Å². The molecule has 0 aromatic carbocycles. The van der Waals surface area contributed by atoms with Crippen molar-refractivity contribution in [3.63, 3.8) is 0 Å². The second kappa shape index (κ2) is 6.91. The predicted octanol–water partition coefficient (Wildman–Crippen LogP) is 3.83. The summed E-state index contributed by atoms with van der Waals surface area (Å²) >= 11 is 0. The zero-order valence-corrected chi connectivity index (χ0v) is 13.1. The Bertz CT molecular complexity index is 229. The number of aliphatic hydroxyl groups is 1. The monoisotopic (exact) mass is 255 g/mol. The summed E-state index contributed by atoms with van der Waals surface area (Å²) in [6.45, 7) is 9.12. The van der Waals surface area contributed by atoms with Crippen LogP contribution in [0.15, 0.2) is 0 Å². The normalized spacial score (nSPS) is 24.2. The Balaban J connectivity index is 2.54. The lowest BCUT2D eigenvalue weighted by Gasteiger charge is -2.43. The molecule has 0 bridgehead atoms. The van der Waals surface area contributed by atoms with Gasteiger partial charge in [-0.1, -0.05) is 34.1 Å². The molecule has 1 saturated carbocycles. The summed E-state index contributed by atoms with van der Waals surface area (Å²) in [5, 5.41) is 10.3. The van der Waals surface area contributed by atoms with E-state index >= 15 is 0 Å².